The molecule has 2 rings (SSSR count). The Hall–Kier alpha value is -2.87. The van der Waals surface area contributed by atoms with Crippen molar-refractivity contribution in [3.63, 3.8) is 0 Å². The topological polar surface area (TPSA) is 86.8 Å². The molecule has 0 aromatic heterocycles. The zero-order valence-corrected chi connectivity index (χ0v) is 21.6. The molecular formula is C26H37N3O4S. The third-order valence-corrected chi connectivity index (χ3v) is 6.83. The average Bonchev–Trinajstić information content (AvgIpc) is 2.80. The number of hydrogen-bond acceptors (Lipinski definition) is 4. The van der Waals surface area contributed by atoms with Gasteiger partial charge in [-0.15, -0.1) is 0 Å². The summed E-state index contributed by atoms with van der Waals surface area (Å²) in [6, 6.07) is 15.8. The molecule has 2 amide bonds. The van der Waals surface area contributed by atoms with Gasteiger partial charge in [0.15, 0.2) is 0 Å². The highest BCUT2D eigenvalue weighted by Crippen LogP contribution is 2.29. The summed E-state index contributed by atoms with van der Waals surface area (Å²) in [4.78, 5) is 27.8. The molecule has 7 nitrogen and oxygen atoms in total. The number of sulfonamides is 1. The van der Waals surface area contributed by atoms with Gasteiger partial charge in [-0.1, -0.05) is 75.7 Å². The lowest BCUT2D eigenvalue weighted by Crippen LogP contribution is -2.51. The fourth-order valence-electron chi connectivity index (χ4n) is 3.70. The molecule has 2 aromatic carbocycles. The summed E-state index contributed by atoms with van der Waals surface area (Å²) in [7, 11) is -3.75. The Labute approximate surface area is 204 Å². The van der Waals surface area contributed by atoms with Gasteiger partial charge in [0.1, 0.15) is 12.6 Å². The normalized spacial score (nSPS) is 12.3. The SMILES string of the molecule is CCCCNC(=O)[C@@H](C)N(Cc1ccccc1)C(=O)CN(c1ccccc1C(C)C)S(C)(=O)=O. The van der Waals surface area contributed by atoms with Gasteiger partial charge in [-0.2, -0.15) is 0 Å². The second-order valence-corrected chi connectivity index (χ2v) is 10.7. The first-order valence-electron chi connectivity index (χ1n) is 11.7. The van der Waals surface area contributed by atoms with Crippen LogP contribution >= 0.6 is 0 Å². The number of nitrogens with one attached hydrogen (secondary N) is 1. The van der Waals surface area contributed by atoms with Gasteiger partial charge in [-0.05, 0) is 36.5 Å². The summed E-state index contributed by atoms with van der Waals surface area (Å²) in [6.07, 6.45) is 2.89. The Morgan fingerprint density at radius 3 is 2.18 bits per heavy atom. The molecule has 0 fully saturated rings. The van der Waals surface area contributed by atoms with Crippen molar-refractivity contribution in [1.29, 1.82) is 0 Å². The van der Waals surface area contributed by atoms with Gasteiger partial charge in [0.05, 0.1) is 11.9 Å². The Balaban J connectivity index is 2.39. The summed E-state index contributed by atoms with van der Waals surface area (Å²) < 4.78 is 26.7. The number of para-hydroxylation sites is 1. The molecule has 0 aliphatic carbocycles. The molecule has 0 heterocycles. The number of benzene rings is 2. The van der Waals surface area contributed by atoms with E-state index in [1.807, 2.05) is 63.2 Å². The van der Waals surface area contributed by atoms with Gasteiger partial charge in [0.2, 0.25) is 21.8 Å². The number of hydrogen-bond donors (Lipinski definition) is 1. The van der Waals surface area contributed by atoms with E-state index in [-0.39, 0.29) is 24.9 Å². The highest BCUT2D eigenvalue weighted by atomic mass is 32.2. The molecule has 34 heavy (non-hydrogen) atoms. The van der Waals surface area contributed by atoms with E-state index in [9.17, 15) is 18.0 Å². The summed E-state index contributed by atoms with van der Waals surface area (Å²) in [5.74, 6) is -0.628. The van der Waals surface area contributed by atoms with Gasteiger partial charge >= 0.3 is 0 Å². The zero-order valence-electron chi connectivity index (χ0n) is 20.8. The molecule has 2 aromatic rings. The summed E-state index contributed by atoms with van der Waals surface area (Å²) in [5.41, 5.74) is 2.17. The van der Waals surface area contributed by atoms with Crippen molar-refractivity contribution in [2.45, 2.75) is 59.0 Å². The van der Waals surface area contributed by atoms with Gasteiger partial charge in [-0.25, -0.2) is 8.42 Å². The molecule has 0 radical (unpaired) electrons. The first-order valence-corrected chi connectivity index (χ1v) is 13.6. The maximum atomic E-state index is 13.6. The Bertz CT molecular complexity index is 1050. The molecule has 0 aliphatic heterocycles. The largest absolute Gasteiger partial charge is 0.354 e. The summed E-state index contributed by atoms with van der Waals surface area (Å²) in [6.45, 7) is 8.01. The molecule has 1 atom stereocenters. The van der Waals surface area contributed by atoms with Crippen molar-refractivity contribution in [2.75, 3.05) is 23.7 Å². The van der Waals surface area contributed by atoms with E-state index in [2.05, 4.69) is 5.32 Å². The van der Waals surface area contributed by atoms with E-state index in [1.165, 1.54) is 4.90 Å². The van der Waals surface area contributed by atoms with E-state index in [0.717, 1.165) is 34.5 Å². The molecule has 186 valence electrons. The predicted molar refractivity (Wildman–Crippen MR) is 137 cm³/mol. The second-order valence-electron chi connectivity index (χ2n) is 8.81. The second kappa shape index (κ2) is 12.6. The van der Waals surface area contributed by atoms with E-state index < -0.39 is 22.0 Å². The summed E-state index contributed by atoms with van der Waals surface area (Å²) in [5, 5.41) is 2.88. The highest BCUT2D eigenvalue weighted by molar-refractivity contribution is 7.92. The molecule has 0 unspecified atom stereocenters. The van der Waals surface area contributed by atoms with Crippen LogP contribution in [0, 0.1) is 0 Å². The van der Waals surface area contributed by atoms with Gasteiger partial charge < -0.3 is 10.2 Å². The third-order valence-electron chi connectivity index (χ3n) is 5.70. The van der Waals surface area contributed by atoms with Crippen LogP contribution in [-0.2, 0) is 26.2 Å². The van der Waals surface area contributed by atoms with Gasteiger partial charge in [0.25, 0.3) is 0 Å². The van der Waals surface area contributed by atoms with Gasteiger partial charge in [0, 0.05) is 13.1 Å². The molecule has 0 spiro atoms. The van der Waals surface area contributed by atoms with Crippen LogP contribution in [0.3, 0.4) is 0 Å². The standard InChI is InChI=1S/C26H37N3O4S/c1-6-7-17-27-26(31)21(4)28(18-22-13-9-8-10-14-22)25(30)19-29(34(5,32)33)24-16-12-11-15-23(24)20(2)3/h8-16,20-21H,6-7,17-19H2,1-5H3,(H,27,31)/t21-/m1/s1. The predicted octanol–water partition coefficient (Wildman–Crippen LogP) is 3.91. The summed E-state index contributed by atoms with van der Waals surface area (Å²) >= 11 is 0. The van der Waals surface area contributed by atoms with Crippen LogP contribution in [0.15, 0.2) is 54.6 Å². The molecule has 0 saturated heterocycles. The first-order chi connectivity index (χ1) is 16.1. The minimum absolute atomic E-state index is 0.0687. The number of anilines is 1. The van der Waals surface area contributed by atoms with Crippen molar-refractivity contribution in [3.05, 3.63) is 65.7 Å². The van der Waals surface area contributed by atoms with Crippen LogP contribution in [0.1, 0.15) is 57.6 Å². The van der Waals surface area contributed by atoms with E-state index in [4.69, 9.17) is 0 Å². The minimum atomic E-state index is -3.75. The van der Waals surface area contributed by atoms with Crippen molar-refractivity contribution >= 4 is 27.5 Å². The van der Waals surface area contributed by atoms with Crippen LogP contribution in [0.2, 0.25) is 0 Å². The molecule has 0 aliphatic rings. The lowest BCUT2D eigenvalue weighted by molar-refractivity contribution is -0.139. The lowest BCUT2D eigenvalue weighted by Gasteiger charge is -2.32. The zero-order chi connectivity index (χ0) is 25.3. The number of carbonyl (C=O) groups is 2. The average molecular weight is 488 g/mol. The van der Waals surface area contributed by atoms with Crippen LogP contribution in [-0.4, -0.2) is 50.5 Å². The first kappa shape index (κ1) is 27.4. The third kappa shape index (κ3) is 7.58. The fraction of sp³-hybridized carbons (Fsp3) is 0.462. The monoisotopic (exact) mass is 487 g/mol. The Morgan fingerprint density at radius 1 is 0.971 bits per heavy atom. The van der Waals surface area contributed by atoms with Crippen molar-refractivity contribution in [3.8, 4) is 0 Å². The van der Waals surface area contributed by atoms with Crippen molar-refractivity contribution < 1.29 is 18.0 Å². The van der Waals surface area contributed by atoms with Gasteiger partial charge in [-0.3, -0.25) is 13.9 Å². The molecular weight excluding hydrogens is 450 g/mol. The van der Waals surface area contributed by atoms with E-state index >= 15 is 0 Å². The molecule has 1 N–H and O–H groups in total. The number of amides is 2. The lowest BCUT2D eigenvalue weighted by atomic mass is 10.0. The molecule has 0 saturated carbocycles. The quantitative estimate of drug-likeness (QED) is 0.460. The van der Waals surface area contributed by atoms with E-state index in [1.54, 1.807) is 19.1 Å². The van der Waals surface area contributed by atoms with Crippen LogP contribution in [0.5, 0.6) is 0 Å². The number of rotatable bonds is 12. The Morgan fingerprint density at radius 2 is 1.59 bits per heavy atom. The van der Waals surface area contributed by atoms with E-state index in [0.29, 0.717) is 12.2 Å². The Kier molecular flexibility index (Phi) is 10.1. The molecule has 8 heteroatoms. The number of carbonyl (C=O) groups excluding carboxylic acids is 2. The molecule has 0 bridgehead atoms. The fourth-order valence-corrected chi connectivity index (χ4v) is 4.56. The number of nitrogens with zero attached hydrogens (tertiary/aromatic N) is 2. The van der Waals surface area contributed by atoms with Crippen LogP contribution in [0.4, 0.5) is 5.69 Å². The van der Waals surface area contributed by atoms with Crippen molar-refractivity contribution in [1.82, 2.24) is 10.2 Å². The van der Waals surface area contributed by atoms with Crippen molar-refractivity contribution in [2.24, 2.45) is 0 Å². The van der Waals surface area contributed by atoms with Crippen LogP contribution < -0.4 is 9.62 Å². The highest BCUT2D eigenvalue weighted by Gasteiger charge is 2.30. The number of unbranched alkanes of at least 4 members (excludes halogenated alkanes) is 1. The minimum Gasteiger partial charge on any atom is -0.354 e. The maximum Gasteiger partial charge on any atom is 0.244 e. The smallest absolute Gasteiger partial charge is 0.244 e. The van der Waals surface area contributed by atoms with Crippen LogP contribution in [0.25, 0.3) is 0 Å². The maximum absolute atomic E-state index is 13.6.